The summed E-state index contributed by atoms with van der Waals surface area (Å²) in [5.74, 6) is -0.959. The average Bonchev–Trinajstić information content (AvgIpc) is 2.04. The van der Waals surface area contributed by atoms with Crippen LogP contribution in [0, 0.1) is 0 Å². The van der Waals surface area contributed by atoms with Gasteiger partial charge in [-0.05, 0) is 12.1 Å². The number of benzene rings is 1. The Hall–Kier alpha value is -1.25. The number of hydrogen-bond donors (Lipinski definition) is 1. The molecule has 0 aromatic heterocycles. The van der Waals surface area contributed by atoms with Gasteiger partial charge in [0.1, 0.15) is 0 Å². The van der Waals surface area contributed by atoms with E-state index in [1.807, 2.05) is 6.92 Å². The van der Waals surface area contributed by atoms with Crippen LogP contribution in [-0.4, -0.2) is 18.9 Å². The highest BCUT2D eigenvalue weighted by molar-refractivity contribution is 6.12. The third kappa shape index (κ3) is 1.88. The van der Waals surface area contributed by atoms with E-state index in [0.29, 0.717) is 5.56 Å². The van der Waals surface area contributed by atoms with Crippen LogP contribution >= 0.6 is 0 Å². The number of carboxylic acids is 1. The molecule has 1 rings (SSSR count). The van der Waals surface area contributed by atoms with Gasteiger partial charge in [0, 0.05) is 0 Å². The molecule has 0 aliphatic rings. The van der Waals surface area contributed by atoms with Crippen molar-refractivity contribution in [1.29, 1.82) is 0 Å². The van der Waals surface area contributed by atoms with Crippen molar-refractivity contribution in [1.82, 2.24) is 0 Å². The lowest BCUT2D eigenvalue weighted by atomic mass is 9.83. The molecule has 0 heterocycles. The zero-order chi connectivity index (χ0) is 9.14. The summed E-state index contributed by atoms with van der Waals surface area (Å²) < 4.78 is 0. The van der Waals surface area contributed by atoms with E-state index in [1.54, 1.807) is 24.3 Å². The summed E-state index contributed by atoms with van der Waals surface area (Å²) in [6, 6.07) is 6.57. The third-order valence-electron chi connectivity index (χ3n) is 1.68. The number of hydrogen-bond acceptors (Lipinski definition) is 1. The maximum Gasteiger partial charge on any atom is 0.335 e. The van der Waals surface area contributed by atoms with Crippen LogP contribution in [0.5, 0.6) is 0 Å². The normalized spacial score (nSPS) is 12.4. The standard InChI is InChI=1S/C9H9BO2/c1-6(10)7-2-4-8(5-3-7)9(11)12/h2-6H,1H3,(H,11,12). The van der Waals surface area contributed by atoms with Crippen molar-refractivity contribution in [3.8, 4) is 0 Å². The molecule has 1 atom stereocenters. The van der Waals surface area contributed by atoms with Gasteiger partial charge in [0.2, 0.25) is 0 Å². The van der Waals surface area contributed by atoms with Gasteiger partial charge >= 0.3 is 5.97 Å². The first-order chi connectivity index (χ1) is 5.61. The van der Waals surface area contributed by atoms with Crippen molar-refractivity contribution in [2.24, 2.45) is 0 Å². The van der Waals surface area contributed by atoms with Crippen molar-refractivity contribution in [2.75, 3.05) is 0 Å². The highest BCUT2D eigenvalue weighted by atomic mass is 16.4. The van der Waals surface area contributed by atoms with E-state index >= 15 is 0 Å². The summed E-state index contributed by atoms with van der Waals surface area (Å²) in [7, 11) is 5.59. The lowest BCUT2D eigenvalue weighted by molar-refractivity contribution is 0.0697. The van der Waals surface area contributed by atoms with Gasteiger partial charge in [-0.15, -0.1) is 0 Å². The first-order valence-electron chi connectivity index (χ1n) is 3.70. The Labute approximate surface area is 72.6 Å². The number of rotatable bonds is 2. The fourth-order valence-electron chi connectivity index (χ4n) is 0.929. The Morgan fingerprint density at radius 1 is 1.42 bits per heavy atom. The van der Waals surface area contributed by atoms with Gasteiger partial charge in [0.25, 0.3) is 0 Å². The minimum atomic E-state index is -0.911. The molecule has 60 valence electrons. The second-order valence-corrected chi connectivity index (χ2v) is 2.72. The van der Waals surface area contributed by atoms with Gasteiger partial charge < -0.3 is 5.11 Å². The van der Waals surface area contributed by atoms with Gasteiger partial charge in [0.05, 0.1) is 13.4 Å². The van der Waals surface area contributed by atoms with Crippen molar-refractivity contribution in [2.45, 2.75) is 12.7 Å². The maximum absolute atomic E-state index is 10.5. The van der Waals surface area contributed by atoms with Gasteiger partial charge in [-0.2, -0.15) is 0 Å². The van der Waals surface area contributed by atoms with Crippen LogP contribution in [0.25, 0.3) is 0 Å². The summed E-state index contributed by atoms with van der Waals surface area (Å²) in [4.78, 5) is 10.5. The molecule has 0 spiro atoms. The van der Waals surface area contributed by atoms with Gasteiger partial charge in [-0.1, -0.05) is 30.4 Å². The Morgan fingerprint density at radius 3 is 2.25 bits per heavy atom. The third-order valence-corrected chi connectivity index (χ3v) is 1.68. The fraction of sp³-hybridized carbons (Fsp3) is 0.222. The van der Waals surface area contributed by atoms with Gasteiger partial charge in [-0.3, -0.25) is 0 Å². The SMILES string of the molecule is [B]C(C)c1ccc(C(=O)O)cc1. The van der Waals surface area contributed by atoms with E-state index in [-0.39, 0.29) is 5.82 Å². The molecule has 1 aromatic carbocycles. The number of carboxylic acid groups (broad SMARTS) is 1. The quantitative estimate of drug-likeness (QED) is 0.667. The van der Waals surface area contributed by atoms with E-state index in [9.17, 15) is 4.79 Å². The van der Waals surface area contributed by atoms with E-state index in [2.05, 4.69) is 0 Å². The molecule has 0 aliphatic heterocycles. The second-order valence-electron chi connectivity index (χ2n) is 2.72. The Balaban J connectivity index is 2.93. The van der Waals surface area contributed by atoms with Gasteiger partial charge in [0.15, 0.2) is 0 Å². The van der Waals surface area contributed by atoms with Crippen molar-refractivity contribution >= 4 is 13.8 Å². The Kier molecular flexibility index (Phi) is 2.53. The summed E-state index contributed by atoms with van der Waals surface area (Å²) >= 11 is 0. The molecule has 1 N–H and O–H groups in total. The van der Waals surface area contributed by atoms with Crippen LogP contribution in [0.1, 0.15) is 28.7 Å². The van der Waals surface area contributed by atoms with Crippen molar-refractivity contribution in [3.05, 3.63) is 35.4 Å². The average molecular weight is 160 g/mol. The predicted molar refractivity (Wildman–Crippen MR) is 47.6 cm³/mol. The molecular weight excluding hydrogens is 151 g/mol. The van der Waals surface area contributed by atoms with Crippen LogP contribution in [0.15, 0.2) is 24.3 Å². The lowest BCUT2D eigenvalue weighted by Crippen LogP contribution is -1.97. The van der Waals surface area contributed by atoms with Crippen LogP contribution < -0.4 is 0 Å². The van der Waals surface area contributed by atoms with Gasteiger partial charge in [-0.25, -0.2) is 4.79 Å². The number of carbonyl (C=O) groups is 1. The molecule has 0 bridgehead atoms. The zero-order valence-electron chi connectivity index (χ0n) is 6.82. The number of aromatic carboxylic acids is 1. The van der Waals surface area contributed by atoms with E-state index in [4.69, 9.17) is 13.0 Å². The minimum Gasteiger partial charge on any atom is -0.478 e. The molecule has 0 saturated carbocycles. The first kappa shape index (κ1) is 8.85. The summed E-state index contributed by atoms with van der Waals surface area (Å²) in [6.07, 6.45) is 0. The highest BCUT2D eigenvalue weighted by Crippen LogP contribution is 2.11. The molecule has 3 heteroatoms. The highest BCUT2D eigenvalue weighted by Gasteiger charge is 2.02. The molecule has 0 saturated heterocycles. The smallest absolute Gasteiger partial charge is 0.335 e. The molecular formula is C9H9BO2. The lowest BCUT2D eigenvalue weighted by Gasteiger charge is -2.04. The summed E-state index contributed by atoms with van der Waals surface area (Å²) in [5.41, 5.74) is 1.24. The van der Waals surface area contributed by atoms with Crippen LogP contribution in [0.2, 0.25) is 0 Å². The molecule has 1 unspecified atom stereocenters. The topological polar surface area (TPSA) is 37.3 Å². The zero-order valence-corrected chi connectivity index (χ0v) is 6.82. The maximum atomic E-state index is 10.5. The first-order valence-corrected chi connectivity index (χ1v) is 3.70. The Bertz CT molecular complexity index is 277. The van der Waals surface area contributed by atoms with Crippen molar-refractivity contribution < 1.29 is 9.90 Å². The largest absolute Gasteiger partial charge is 0.478 e. The summed E-state index contributed by atoms with van der Waals surface area (Å²) in [5, 5.41) is 8.58. The molecule has 2 nitrogen and oxygen atoms in total. The van der Waals surface area contributed by atoms with Crippen LogP contribution in [-0.2, 0) is 0 Å². The molecule has 0 aliphatic carbocycles. The molecule has 0 amide bonds. The molecule has 12 heavy (non-hydrogen) atoms. The molecule has 2 radical (unpaired) electrons. The molecule has 1 aromatic rings. The van der Waals surface area contributed by atoms with E-state index < -0.39 is 5.97 Å². The Morgan fingerprint density at radius 2 is 1.92 bits per heavy atom. The summed E-state index contributed by atoms with van der Waals surface area (Å²) in [6.45, 7) is 1.86. The second kappa shape index (κ2) is 3.43. The van der Waals surface area contributed by atoms with Crippen molar-refractivity contribution in [3.63, 3.8) is 0 Å². The molecule has 0 fully saturated rings. The van der Waals surface area contributed by atoms with E-state index in [1.165, 1.54) is 0 Å². The predicted octanol–water partition coefficient (Wildman–Crippen LogP) is 1.61. The monoisotopic (exact) mass is 160 g/mol. The van der Waals surface area contributed by atoms with Crippen LogP contribution in [0.3, 0.4) is 0 Å². The van der Waals surface area contributed by atoms with E-state index in [0.717, 1.165) is 5.56 Å². The fourth-order valence-corrected chi connectivity index (χ4v) is 0.929. The van der Waals surface area contributed by atoms with Crippen LogP contribution in [0.4, 0.5) is 0 Å². The minimum absolute atomic E-state index is 0.0483.